The lowest BCUT2D eigenvalue weighted by molar-refractivity contribution is 0.247. The molecule has 6 nitrogen and oxygen atoms in total. The van der Waals surface area contributed by atoms with E-state index >= 15 is 0 Å². The Bertz CT molecular complexity index is 801. The Labute approximate surface area is 144 Å². The monoisotopic (exact) mass is 345 g/mol. The number of urea groups is 1. The summed E-state index contributed by atoms with van der Waals surface area (Å²) < 4.78 is 24.8. The highest BCUT2D eigenvalue weighted by molar-refractivity contribution is 5.90. The van der Waals surface area contributed by atoms with Crippen LogP contribution in [-0.2, 0) is 0 Å². The molecular formula is C18H20FN3O3. The number of hydrogen-bond acceptors (Lipinski definition) is 4. The van der Waals surface area contributed by atoms with E-state index in [1.165, 1.54) is 6.07 Å². The van der Waals surface area contributed by atoms with Gasteiger partial charge >= 0.3 is 6.03 Å². The molecule has 2 aliphatic rings. The number of para-hydroxylation sites is 1. The summed E-state index contributed by atoms with van der Waals surface area (Å²) in [6, 6.07) is 4.12. The Balaban J connectivity index is 1.52. The minimum absolute atomic E-state index is 0.227. The number of halogens is 1. The van der Waals surface area contributed by atoms with Crippen LogP contribution in [0.1, 0.15) is 54.7 Å². The molecule has 1 aromatic heterocycles. The first-order valence-corrected chi connectivity index (χ1v) is 8.58. The maximum Gasteiger partial charge on any atom is 0.319 e. The summed E-state index contributed by atoms with van der Waals surface area (Å²) in [5.74, 6) is 0.906. The predicted octanol–water partition coefficient (Wildman–Crippen LogP) is 4.03. The molecule has 1 fully saturated rings. The zero-order valence-electron chi connectivity index (χ0n) is 14.0. The molecule has 132 valence electrons. The second-order valence-electron chi connectivity index (χ2n) is 6.58. The summed E-state index contributed by atoms with van der Waals surface area (Å²) >= 11 is 0. The third-order valence-electron chi connectivity index (χ3n) is 4.64. The molecule has 1 atom stereocenters. The van der Waals surface area contributed by atoms with Gasteiger partial charge in [0.05, 0.1) is 12.6 Å². The SMILES string of the molecule is Cc1noc(C2CC2)c1NC(=O)N[C@H]1CCCOc2c(F)cccc21. The zero-order chi connectivity index (χ0) is 17.4. The van der Waals surface area contributed by atoms with E-state index in [0.717, 1.165) is 25.0 Å². The standard InChI is InChI=1S/C18H20FN3O3/c1-10-15(16(25-22-10)11-7-8-11)21-18(23)20-14-6-3-9-24-17-12(14)4-2-5-13(17)19/h2,4-5,11,14H,3,6-9H2,1H3,(H2,20,21,23)/t14-/m0/s1. The third-order valence-corrected chi connectivity index (χ3v) is 4.64. The average molecular weight is 345 g/mol. The van der Waals surface area contributed by atoms with E-state index in [1.54, 1.807) is 19.1 Å². The number of carbonyl (C=O) groups excluding carboxylic acids is 1. The zero-order valence-corrected chi connectivity index (χ0v) is 14.0. The normalized spacial score (nSPS) is 19.5. The third kappa shape index (κ3) is 3.18. The lowest BCUT2D eigenvalue weighted by Crippen LogP contribution is -2.32. The predicted molar refractivity (Wildman–Crippen MR) is 89.2 cm³/mol. The van der Waals surface area contributed by atoms with Gasteiger partial charge in [-0.3, -0.25) is 0 Å². The molecule has 25 heavy (non-hydrogen) atoms. The van der Waals surface area contributed by atoms with Crippen molar-refractivity contribution in [1.29, 1.82) is 0 Å². The van der Waals surface area contributed by atoms with Crippen LogP contribution < -0.4 is 15.4 Å². The molecule has 2 aromatic rings. The maximum atomic E-state index is 14.0. The number of anilines is 1. The highest BCUT2D eigenvalue weighted by atomic mass is 19.1. The number of rotatable bonds is 3. The van der Waals surface area contributed by atoms with Crippen LogP contribution in [0.2, 0.25) is 0 Å². The second kappa shape index (κ2) is 6.38. The number of carbonyl (C=O) groups is 1. The number of nitrogens with zero attached hydrogens (tertiary/aromatic N) is 1. The van der Waals surface area contributed by atoms with Gasteiger partial charge in [0.15, 0.2) is 17.3 Å². The van der Waals surface area contributed by atoms with Gasteiger partial charge in [-0.1, -0.05) is 17.3 Å². The number of nitrogens with one attached hydrogen (secondary N) is 2. The van der Waals surface area contributed by atoms with E-state index in [4.69, 9.17) is 9.26 Å². The molecule has 2 amide bonds. The molecule has 1 aliphatic carbocycles. The van der Waals surface area contributed by atoms with E-state index in [0.29, 0.717) is 35.9 Å². The van der Waals surface area contributed by atoms with Crippen LogP contribution in [0.4, 0.5) is 14.9 Å². The number of benzene rings is 1. The van der Waals surface area contributed by atoms with E-state index in [2.05, 4.69) is 15.8 Å². The Hall–Kier alpha value is -2.57. The second-order valence-corrected chi connectivity index (χ2v) is 6.58. The fourth-order valence-electron chi connectivity index (χ4n) is 3.19. The summed E-state index contributed by atoms with van der Waals surface area (Å²) in [6.07, 6.45) is 3.52. The molecule has 4 rings (SSSR count). The lowest BCUT2D eigenvalue weighted by Gasteiger charge is -2.19. The number of amides is 2. The molecule has 0 spiro atoms. The molecule has 1 aliphatic heterocycles. The van der Waals surface area contributed by atoms with Crippen molar-refractivity contribution in [1.82, 2.24) is 10.5 Å². The summed E-state index contributed by atoms with van der Waals surface area (Å²) in [4.78, 5) is 12.5. The largest absolute Gasteiger partial charge is 0.490 e. The highest BCUT2D eigenvalue weighted by Gasteiger charge is 2.32. The fraction of sp³-hybridized carbons (Fsp3) is 0.444. The maximum absolute atomic E-state index is 14.0. The van der Waals surface area contributed by atoms with Gasteiger partial charge in [-0.05, 0) is 38.7 Å². The number of fused-ring (bicyclic) bond motifs is 1. The molecule has 0 saturated heterocycles. The lowest BCUT2D eigenvalue weighted by atomic mass is 10.0. The van der Waals surface area contributed by atoms with Crippen LogP contribution in [0.3, 0.4) is 0 Å². The van der Waals surface area contributed by atoms with Crippen molar-refractivity contribution in [3.8, 4) is 5.75 Å². The molecule has 1 saturated carbocycles. The Morgan fingerprint density at radius 3 is 2.96 bits per heavy atom. The van der Waals surface area contributed by atoms with Gasteiger partial charge in [-0.25, -0.2) is 9.18 Å². The number of ether oxygens (including phenoxy) is 1. The quantitative estimate of drug-likeness (QED) is 0.880. The van der Waals surface area contributed by atoms with Gasteiger partial charge in [0, 0.05) is 11.5 Å². The van der Waals surface area contributed by atoms with Crippen LogP contribution in [0.25, 0.3) is 0 Å². The topological polar surface area (TPSA) is 76.4 Å². The van der Waals surface area contributed by atoms with Crippen molar-refractivity contribution in [2.24, 2.45) is 0 Å². The Morgan fingerprint density at radius 2 is 2.16 bits per heavy atom. The van der Waals surface area contributed by atoms with E-state index in [-0.39, 0.29) is 17.8 Å². The van der Waals surface area contributed by atoms with Gasteiger partial charge in [-0.2, -0.15) is 0 Å². The molecule has 7 heteroatoms. The molecule has 0 bridgehead atoms. The van der Waals surface area contributed by atoms with Crippen LogP contribution in [-0.4, -0.2) is 17.8 Å². The fourth-order valence-corrected chi connectivity index (χ4v) is 3.19. The van der Waals surface area contributed by atoms with Crippen molar-refractivity contribution >= 4 is 11.7 Å². The molecule has 0 unspecified atom stereocenters. The smallest absolute Gasteiger partial charge is 0.319 e. The van der Waals surface area contributed by atoms with Crippen LogP contribution in [0, 0.1) is 12.7 Å². The first-order chi connectivity index (χ1) is 12.1. The summed E-state index contributed by atoms with van der Waals surface area (Å²) in [5, 5.41) is 9.73. The van der Waals surface area contributed by atoms with E-state index < -0.39 is 5.82 Å². The highest BCUT2D eigenvalue weighted by Crippen LogP contribution is 2.44. The van der Waals surface area contributed by atoms with Gasteiger partial charge < -0.3 is 19.9 Å². The minimum atomic E-state index is -0.405. The molecule has 0 radical (unpaired) electrons. The Kier molecular flexibility index (Phi) is 4.07. The first kappa shape index (κ1) is 15.9. The van der Waals surface area contributed by atoms with Crippen LogP contribution >= 0.6 is 0 Å². The van der Waals surface area contributed by atoms with Crippen LogP contribution in [0.15, 0.2) is 22.7 Å². The molecular weight excluding hydrogens is 325 g/mol. The minimum Gasteiger partial charge on any atom is -0.490 e. The van der Waals surface area contributed by atoms with Crippen molar-refractivity contribution in [3.63, 3.8) is 0 Å². The van der Waals surface area contributed by atoms with Crippen LogP contribution in [0.5, 0.6) is 5.75 Å². The van der Waals surface area contributed by atoms with Gasteiger partial charge in [-0.15, -0.1) is 0 Å². The van der Waals surface area contributed by atoms with Gasteiger partial charge in [0.2, 0.25) is 0 Å². The van der Waals surface area contributed by atoms with E-state index in [9.17, 15) is 9.18 Å². The van der Waals surface area contributed by atoms with Gasteiger partial charge in [0.25, 0.3) is 0 Å². The Morgan fingerprint density at radius 1 is 1.32 bits per heavy atom. The van der Waals surface area contributed by atoms with Crippen molar-refractivity contribution < 1.29 is 18.4 Å². The van der Waals surface area contributed by atoms with Gasteiger partial charge in [0.1, 0.15) is 11.4 Å². The molecule has 2 N–H and O–H groups in total. The van der Waals surface area contributed by atoms with Crippen molar-refractivity contribution in [2.45, 2.75) is 44.6 Å². The summed E-state index contributed by atoms with van der Waals surface area (Å²) in [5.41, 5.74) is 1.97. The number of aromatic nitrogens is 1. The number of hydrogen-bond donors (Lipinski definition) is 2. The summed E-state index contributed by atoms with van der Waals surface area (Å²) in [6.45, 7) is 2.24. The molecule has 2 heterocycles. The summed E-state index contributed by atoms with van der Waals surface area (Å²) in [7, 11) is 0. The average Bonchev–Trinajstić information content (AvgIpc) is 3.38. The van der Waals surface area contributed by atoms with Crippen molar-refractivity contribution in [2.75, 3.05) is 11.9 Å². The molecule has 1 aromatic carbocycles. The number of aryl methyl sites for hydroxylation is 1. The van der Waals surface area contributed by atoms with E-state index in [1.807, 2.05) is 0 Å². The first-order valence-electron chi connectivity index (χ1n) is 8.58. The van der Waals surface area contributed by atoms with Crippen molar-refractivity contribution in [3.05, 3.63) is 41.0 Å².